The molecular formula is C16H24F3NO4S2. The van der Waals surface area contributed by atoms with Crippen molar-refractivity contribution in [3.63, 3.8) is 0 Å². The number of hydrogen-bond donors (Lipinski definition) is 0. The van der Waals surface area contributed by atoms with Crippen molar-refractivity contribution in [2.24, 2.45) is 0 Å². The van der Waals surface area contributed by atoms with Gasteiger partial charge in [-0.25, -0.2) is 16.8 Å². The molecule has 0 saturated carbocycles. The van der Waals surface area contributed by atoms with Crippen LogP contribution >= 0.6 is 0 Å². The fraction of sp³-hybridized carbons (Fsp3) is 0.625. The third-order valence-corrected chi connectivity index (χ3v) is 6.89. The van der Waals surface area contributed by atoms with Crippen molar-refractivity contribution in [3.8, 4) is 0 Å². The predicted octanol–water partition coefficient (Wildman–Crippen LogP) is 3.70. The summed E-state index contributed by atoms with van der Waals surface area (Å²) < 4.78 is 90.2. The maximum absolute atomic E-state index is 13.4. The van der Waals surface area contributed by atoms with Crippen molar-refractivity contribution < 1.29 is 30.0 Å². The highest BCUT2D eigenvalue weighted by molar-refractivity contribution is 7.90. The van der Waals surface area contributed by atoms with Crippen LogP contribution in [-0.2, 0) is 26.0 Å². The van der Waals surface area contributed by atoms with Gasteiger partial charge in [0.25, 0.3) is 0 Å². The van der Waals surface area contributed by atoms with Crippen LogP contribution in [0.15, 0.2) is 28.0 Å². The van der Waals surface area contributed by atoms with E-state index in [0.717, 1.165) is 22.7 Å². The Bertz CT molecular complexity index is 810. The third-order valence-electron chi connectivity index (χ3n) is 3.82. The Labute approximate surface area is 153 Å². The minimum Gasteiger partial charge on any atom is -0.224 e. The van der Waals surface area contributed by atoms with Gasteiger partial charge in [-0.1, -0.05) is 26.7 Å². The molecule has 0 unspecified atom stereocenters. The Balaban J connectivity index is 3.54. The molecule has 0 N–H and O–H groups in total. The summed E-state index contributed by atoms with van der Waals surface area (Å²) in [5.41, 5.74) is -1.46. The number of hydrogen-bond acceptors (Lipinski definition) is 4. The molecule has 0 amide bonds. The first kappa shape index (κ1) is 22.9. The molecule has 26 heavy (non-hydrogen) atoms. The van der Waals surface area contributed by atoms with Crippen LogP contribution in [0.1, 0.15) is 45.1 Å². The highest BCUT2D eigenvalue weighted by atomic mass is 32.2. The molecule has 0 aliphatic carbocycles. The van der Waals surface area contributed by atoms with Gasteiger partial charge in [0.1, 0.15) is 0 Å². The summed E-state index contributed by atoms with van der Waals surface area (Å²) in [6, 6.07) is 2.02. The molecule has 0 spiro atoms. The lowest BCUT2D eigenvalue weighted by molar-refractivity contribution is -0.140. The summed E-state index contributed by atoms with van der Waals surface area (Å²) in [5.74, 6) is 0. The van der Waals surface area contributed by atoms with Gasteiger partial charge in [0.15, 0.2) is 9.84 Å². The van der Waals surface area contributed by atoms with Gasteiger partial charge in [-0.05, 0) is 31.0 Å². The highest BCUT2D eigenvalue weighted by Crippen LogP contribution is 2.37. The summed E-state index contributed by atoms with van der Waals surface area (Å²) in [6.07, 6.45) is -1.80. The average Bonchev–Trinajstić information content (AvgIpc) is 2.52. The summed E-state index contributed by atoms with van der Waals surface area (Å²) in [5, 5.41) is 0. The smallest absolute Gasteiger partial charge is 0.224 e. The van der Waals surface area contributed by atoms with E-state index in [0.29, 0.717) is 31.7 Å². The largest absolute Gasteiger partial charge is 0.417 e. The minimum atomic E-state index is -5.00. The summed E-state index contributed by atoms with van der Waals surface area (Å²) >= 11 is 0. The lowest BCUT2D eigenvalue weighted by Gasteiger charge is -2.24. The molecule has 0 aliphatic heterocycles. The van der Waals surface area contributed by atoms with Gasteiger partial charge < -0.3 is 0 Å². The number of sulfone groups is 1. The van der Waals surface area contributed by atoms with Gasteiger partial charge in [-0.15, -0.1) is 0 Å². The van der Waals surface area contributed by atoms with Crippen molar-refractivity contribution in [1.82, 2.24) is 4.31 Å². The number of halogens is 3. The molecular weight excluding hydrogens is 391 g/mol. The van der Waals surface area contributed by atoms with E-state index in [4.69, 9.17) is 0 Å². The van der Waals surface area contributed by atoms with E-state index in [2.05, 4.69) is 0 Å². The van der Waals surface area contributed by atoms with E-state index in [1.807, 2.05) is 13.8 Å². The van der Waals surface area contributed by atoms with Crippen molar-refractivity contribution in [2.75, 3.05) is 19.3 Å². The fourth-order valence-corrected chi connectivity index (χ4v) is 4.70. The van der Waals surface area contributed by atoms with Crippen molar-refractivity contribution in [1.29, 1.82) is 0 Å². The second-order valence-electron chi connectivity index (χ2n) is 6.04. The molecule has 5 nitrogen and oxygen atoms in total. The first-order valence-corrected chi connectivity index (χ1v) is 11.6. The van der Waals surface area contributed by atoms with Gasteiger partial charge in [-0.2, -0.15) is 17.5 Å². The Morgan fingerprint density at radius 1 is 0.962 bits per heavy atom. The quantitative estimate of drug-likeness (QED) is 0.617. The molecule has 0 aromatic heterocycles. The van der Waals surface area contributed by atoms with E-state index >= 15 is 0 Å². The molecule has 1 aromatic carbocycles. The topological polar surface area (TPSA) is 71.5 Å². The number of rotatable bonds is 9. The molecule has 10 heteroatoms. The Morgan fingerprint density at radius 2 is 1.46 bits per heavy atom. The van der Waals surface area contributed by atoms with Crippen LogP contribution in [0.3, 0.4) is 0 Å². The van der Waals surface area contributed by atoms with Crippen LogP contribution in [0.4, 0.5) is 13.2 Å². The molecule has 0 radical (unpaired) electrons. The maximum Gasteiger partial charge on any atom is 0.417 e. The monoisotopic (exact) mass is 415 g/mol. The van der Waals surface area contributed by atoms with E-state index < -0.39 is 41.4 Å². The lowest BCUT2D eigenvalue weighted by atomic mass is 10.2. The molecule has 0 saturated heterocycles. The van der Waals surface area contributed by atoms with Crippen LogP contribution in [-0.4, -0.2) is 40.5 Å². The van der Waals surface area contributed by atoms with Crippen LogP contribution in [0.25, 0.3) is 0 Å². The zero-order valence-corrected chi connectivity index (χ0v) is 16.6. The lowest BCUT2D eigenvalue weighted by Crippen LogP contribution is -2.34. The summed E-state index contributed by atoms with van der Waals surface area (Å²) in [4.78, 5) is -1.48. The molecule has 0 fully saturated rings. The fourth-order valence-electron chi connectivity index (χ4n) is 2.35. The standard InChI is InChI=1S/C16H24F3NO4S2/c1-4-6-10-20(11-7-5-2)26(23,24)15-9-8-13(25(3,21)22)12-14(15)16(17,18)19/h8-9,12H,4-7,10-11H2,1-3H3. The number of benzene rings is 1. The molecule has 0 bridgehead atoms. The zero-order chi connectivity index (χ0) is 20.2. The van der Waals surface area contributed by atoms with Crippen LogP contribution in [0.2, 0.25) is 0 Å². The maximum atomic E-state index is 13.4. The number of sulfonamides is 1. The summed E-state index contributed by atoms with van der Waals surface area (Å²) in [7, 11) is -8.31. The first-order valence-electron chi connectivity index (χ1n) is 8.27. The SMILES string of the molecule is CCCCN(CCCC)S(=O)(=O)c1ccc(S(C)(=O)=O)cc1C(F)(F)F. The summed E-state index contributed by atoms with van der Waals surface area (Å²) in [6.45, 7) is 3.94. The predicted molar refractivity (Wildman–Crippen MR) is 93.1 cm³/mol. The minimum absolute atomic E-state index is 0.115. The molecule has 150 valence electrons. The number of alkyl halides is 3. The molecule has 1 rings (SSSR count). The van der Waals surface area contributed by atoms with E-state index in [1.165, 1.54) is 0 Å². The van der Waals surface area contributed by atoms with Crippen molar-refractivity contribution in [3.05, 3.63) is 23.8 Å². The second kappa shape index (κ2) is 8.71. The van der Waals surface area contributed by atoms with Gasteiger partial charge >= 0.3 is 6.18 Å². The first-order chi connectivity index (χ1) is 11.9. The zero-order valence-electron chi connectivity index (χ0n) is 15.0. The van der Waals surface area contributed by atoms with Gasteiger partial charge in [0.05, 0.1) is 15.4 Å². The third kappa shape index (κ3) is 5.68. The Morgan fingerprint density at radius 3 is 1.85 bits per heavy atom. The molecule has 0 heterocycles. The van der Waals surface area contributed by atoms with Crippen molar-refractivity contribution in [2.45, 2.75) is 55.5 Å². The van der Waals surface area contributed by atoms with Crippen LogP contribution < -0.4 is 0 Å². The van der Waals surface area contributed by atoms with E-state index in [9.17, 15) is 30.0 Å². The van der Waals surface area contributed by atoms with E-state index in [1.54, 1.807) is 0 Å². The highest BCUT2D eigenvalue weighted by Gasteiger charge is 2.39. The molecule has 0 aliphatic rings. The number of unbranched alkanes of at least 4 members (excludes halogenated alkanes) is 2. The van der Waals surface area contributed by atoms with Crippen LogP contribution in [0, 0.1) is 0 Å². The molecule has 1 aromatic rings. The van der Waals surface area contributed by atoms with Gasteiger partial charge in [-0.3, -0.25) is 0 Å². The Kier molecular flexibility index (Phi) is 7.67. The van der Waals surface area contributed by atoms with E-state index in [-0.39, 0.29) is 13.1 Å². The normalized spacial score (nSPS) is 13.3. The van der Waals surface area contributed by atoms with Crippen LogP contribution in [0.5, 0.6) is 0 Å². The number of nitrogens with zero attached hydrogens (tertiary/aromatic N) is 1. The molecule has 0 atom stereocenters. The Hall–Kier alpha value is -1.13. The average molecular weight is 415 g/mol. The second-order valence-corrected chi connectivity index (χ2v) is 9.96. The van der Waals surface area contributed by atoms with Gasteiger partial charge in [0, 0.05) is 19.3 Å². The van der Waals surface area contributed by atoms with Crippen molar-refractivity contribution >= 4 is 19.9 Å². The van der Waals surface area contributed by atoms with Gasteiger partial charge in [0.2, 0.25) is 10.0 Å².